The summed E-state index contributed by atoms with van der Waals surface area (Å²) in [4.78, 5) is 10.9. The van der Waals surface area contributed by atoms with E-state index >= 15 is 0 Å². The van der Waals surface area contributed by atoms with E-state index < -0.39 is 0 Å². The lowest BCUT2D eigenvalue weighted by molar-refractivity contribution is -0.145. The second-order valence-corrected chi connectivity index (χ2v) is 7.87. The van der Waals surface area contributed by atoms with Crippen molar-refractivity contribution in [3.05, 3.63) is 59.7 Å². The smallest absolute Gasteiger partial charge is 0.302 e. The van der Waals surface area contributed by atoms with Gasteiger partial charge in [0.25, 0.3) is 0 Å². The lowest BCUT2D eigenvalue weighted by atomic mass is 9.99. The molecule has 152 valence electrons. The van der Waals surface area contributed by atoms with Crippen LogP contribution in [-0.4, -0.2) is 12.1 Å². The van der Waals surface area contributed by atoms with Gasteiger partial charge in [0.15, 0.2) is 0 Å². The van der Waals surface area contributed by atoms with Gasteiger partial charge < -0.3 is 4.74 Å². The number of hydrogen-bond acceptors (Lipinski definition) is 2. The number of aryl methyl sites for hydroxylation is 2. The number of esters is 1. The fourth-order valence-corrected chi connectivity index (χ4v) is 3.60. The summed E-state index contributed by atoms with van der Waals surface area (Å²) in [5.74, 6) is -0.195. The highest BCUT2D eigenvalue weighted by atomic mass is 16.5. The van der Waals surface area contributed by atoms with E-state index in [0.29, 0.717) is 0 Å². The van der Waals surface area contributed by atoms with E-state index in [9.17, 15) is 4.79 Å². The van der Waals surface area contributed by atoms with Gasteiger partial charge in [-0.15, -0.1) is 0 Å². The van der Waals surface area contributed by atoms with Gasteiger partial charge in [0.2, 0.25) is 0 Å². The molecule has 0 fully saturated rings. The van der Waals surface area contributed by atoms with E-state index in [1.165, 1.54) is 67.7 Å². The number of carbonyl (C=O) groups excluding carboxylic acids is 1. The number of unbranched alkanes of at least 4 members (excludes halogenated alkanes) is 4. The predicted molar refractivity (Wildman–Crippen MR) is 119 cm³/mol. The van der Waals surface area contributed by atoms with Crippen molar-refractivity contribution in [2.24, 2.45) is 0 Å². The van der Waals surface area contributed by atoms with Crippen molar-refractivity contribution in [1.29, 1.82) is 0 Å². The van der Waals surface area contributed by atoms with Gasteiger partial charge in [-0.3, -0.25) is 4.79 Å². The topological polar surface area (TPSA) is 26.3 Å². The molecule has 0 aromatic heterocycles. The first-order valence-electron chi connectivity index (χ1n) is 10.9. The zero-order chi connectivity index (χ0) is 20.2. The third-order valence-electron chi connectivity index (χ3n) is 5.25. The Morgan fingerprint density at radius 2 is 1.29 bits per heavy atom. The summed E-state index contributed by atoms with van der Waals surface area (Å²) in [5, 5.41) is 0. The molecule has 1 atom stereocenters. The van der Waals surface area contributed by atoms with E-state index in [0.717, 1.165) is 19.3 Å². The van der Waals surface area contributed by atoms with Gasteiger partial charge >= 0.3 is 5.97 Å². The number of carbonyl (C=O) groups is 1. The number of hydrogen-bond donors (Lipinski definition) is 0. The quantitative estimate of drug-likeness (QED) is 0.289. The van der Waals surface area contributed by atoms with E-state index in [-0.39, 0.29) is 12.1 Å². The molecule has 2 heteroatoms. The Labute approximate surface area is 171 Å². The molecule has 0 bridgehead atoms. The molecular weight excluding hydrogens is 344 g/mol. The molecule has 0 N–H and O–H groups in total. The highest BCUT2D eigenvalue weighted by Crippen LogP contribution is 2.22. The molecule has 0 aliphatic carbocycles. The first kappa shape index (κ1) is 22.2. The molecule has 28 heavy (non-hydrogen) atoms. The van der Waals surface area contributed by atoms with Crippen LogP contribution in [0.1, 0.15) is 76.8 Å². The summed E-state index contributed by atoms with van der Waals surface area (Å²) >= 11 is 0. The van der Waals surface area contributed by atoms with Crippen LogP contribution in [0.4, 0.5) is 0 Å². The highest BCUT2D eigenvalue weighted by Gasteiger charge is 2.05. The average Bonchev–Trinajstić information content (AvgIpc) is 2.68. The van der Waals surface area contributed by atoms with Crippen LogP contribution < -0.4 is 0 Å². The molecule has 0 aliphatic rings. The Balaban J connectivity index is 1.78. The van der Waals surface area contributed by atoms with Crippen LogP contribution >= 0.6 is 0 Å². The molecule has 0 spiro atoms. The van der Waals surface area contributed by atoms with Crippen LogP contribution in [0.5, 0.6) is 0 Å². The van der Waals surface area contributed by atoms with Crippen LogP contribution in [0.3, 0.4) is 0 Å². The van der Waals surface area contributed by atoms with Gasteiger partial charge in [0.1, 0.15) is 0 Å². The molecule has 0 heterocycles. The van der Waals surface area contributed by atoms with E-state index in [1.54, 1.807) is 0 Å². The fourth-order valence-electron chi connectivity index (χ4n) is 3.60. The van der Waals surface area contributed by atoms with Crippen LogP contribution in [0.2, 0.25) is 0 Å². The fraction of sp³-hybridized carbons (Fsp3) is 0.500. The first-order valence-corrected chi connectivity index (χ1v) is 10.9. The van der Waals surface area contributed by atoms with Crippen LogP contribution in [-0.2, 0) is 22.4 Å². The molecule has 2 nitrogen and oxygen atoms in total. The number of rotatable bonds is 12. The zero-order valence-corrected chi connectivity index (χ0v) is 17.9. The molecule has 0 radical (unpaired) electrons. The molecule has 0 amide bonds. The number of benzene rings is 2. The van der Waals surface area contributed by atoms with Crippen molar-refractivity contribution < 1.29 is 9.53 Å². The second-order valence-electron chi connectivity index (χ2n) is 7.87. The van der Waals surface area contributed by atoms with Crippen molar-refractivity contribution in [3.8, 4) is 11.1 Å². The van der Waals surface area contributed by atoms with Crippen molar-refractivity contribution in [2.45, 2.75) is 84.7 Å². The molecular formula is C26H36O2. The molecule has 2 aromatic carbocycles. The average molecular weight is 381 g/mol. The predicted octanol–water partition coefficient (Wildman–Crippen LogP) is 7.14. The maximum Gasteiger partial charge on any atom is 0.302 e. The van der Waals surface area contributed by atoms with Crippen molar-refractivity contribution >= 4 is 5.97 Å². The minimum Gasteiger partial charge on any atom is -0.463 e. The zero-order valence-electron chi connectivity index (χ0n) is 17.9. The van der Waals surface area contributed by atoms with E-state index in [2.05, 4.69) is 55.5 Å². The van der Waals surface area contributed by atoms with Crippen molar-refractivity contribution in [2.75, 3.05) is 0 Å². The Kier molecular flexibility index (Phi) is 9.82. The minimum atomic E-state index is -0.195. The standard InChI is InChI=1S/C26H36O2/c1-4-5-6-7-8-11-23-13-17-25(18-14-23)26-19-15-24(16-20-26)12-9-10-21(2)28-22(3)27/h13-21H,4-12H2,1-3H3. The Bertz CT molecular complexity index is 685. The van der Waals surface area contributed by atoms with Gasteiger partial charge in [0, 0.05) is 6.92 Å². The van der Waals surface area contributed by atoms with Gasteiger partial charge in [-0.25, -0.2) is 0 Å². The molecule has 0 saturated heterocycles. The maximum absolute atomic E-state index is 10.9. The summed E-state index contributed by atoms with van der Waals surface area (Å²) in [6.07, 6.45) is 10.8. The highest BCUT2D eigenvalue weighted by molar-refractivity contribution is 5.66. The third kappa shape index (κ3) is 8.29. The van der Waals surface area contributed by atoms with Gasteiger partial charge in [-0.1, -0.05) is 81.1 Å². The van der Waals surface area contributed by atoms with E-state index in [4.69, 9.17) is 4.74 Å². The Morgan fingerprint density at radius 3 is 1.79 bits per heavy atom. The van der Waals surface area contributed by atoms with Crippen molar-refractivity contribution in [1.82, 2.24) is 0 Å². The lowest BCUT2D eigenvalue weighted by Gasteiger charge is -2.11. The third-order valence-corrected chi connectivity index (χ3v) is 5.25. The van der Waals surface area contributed by atoms with Crippen molar-refractivity contribution in [3.63, 3.8) is 0 Å². The summed E-state index contributed by atoms with van der Waals surface area (Å²) in [6, 6.07) is 17.9. The summed E-state index contributed by atoms with van der Waals surface area (Å²) in [7, 11) is 0. The Hall–Kier alpha value is -2.09. The van der Waals surface area contributed by atoms with Crippen LogP contribution in [0.25, 0.3) is 11.1 Å². The molecule has 2 rings (SSSR count). The van der Waals surface area contributed by atoms with Crippen LogP contribution in [0.15, 0.2) is 48.5 Å². The second kappa shape index (κ2) is 12.4. The molecule has 2 aromatic rings. The van der Waals surface area contributed by atoms with Gasteiger partial charge in [-0.2, -0.15) is 0 Å². The van der Waals surface area contributed by atoms with Crippen LogP contribution in [0, 0.1) is 0 Å². The summed E-state index contributed by atoms with van der Waals surface area (Å²) in [6.45, 7) is 5.69. The van der Waals surface area contributed by atoms with Gasteiger partial charge in [0.05, 0.1) is 6.10 Å². The Morgan fingerprint density at radius 1 is 0.786 bits per heavy atom. The SMILES string of the molecule is CCCCCCCc1ccc(-c2ccc(CCCC(C)OC(C)=O)cc2)cc1. The summed E-state index contributed by atoms with van der Waals surface area (Å²) < 4.78 is 5.18. The first-order chi connectivity index (χ1) is 13.6. The normalized spacial score (nSPS) is 12.0. The maximum atomic E-state index is 10.9. The molecule has 0 saturated carbocycles. The molecule has 1 unspecified atom stereocenters. The van der Waals surface area contributed by atoms with Gasteiger partial charge in [-0.05, 0) is 61.3 Å². The molecule has 0 aliphatic heterocycles. The monoisotopic (exact) mass is 380 g/mol. The lowest BCUT2D eigenvalue weighted by Crippen LogP contribution is -2.12. The minimum absolute atomic E-state index is 0.00179. The number of ether oxygens (including phenoxy) is 1. The largest absolute Gasteiger partial charge is 0.463 e. The van der Waals surface area contributed by atoms with E-state index in [1.807, 2.05) is 6.92 Å². The summed E-state index contributed by atoms with van der Waals surface area (Å²) in [5.41, 5.74) is 5.33.